The molecular formula is C16H14N3O2S3+. The van der Waals surface area contributed by atoms with Crippen LogP contribution in [-0.2, 0) is 0 Å². The van der Waals surface area contributed by atoms with Crippen LogP contribution in [0.2, 0.25) is 0 Å². The summed E-state index contributed by atoms with van der Waals surface area (Å²) in [7, 11) is 0. The number of amides is 2. The van der Waals surface area contributed by atoms with Crippen LogP contribution in [0.1, 0.15) is 0 Å². The summed E-state index contributed by atoms with van der Waals surface area (Å²) < 4.78 is 2.20. The van der Waals surface area contributed by atoms with Crippen LogP contribution in [0.15, 0.2) is 39.9 Å². The number of phenolic OH excluding ortho intramolecular Hbond substituents is 1. The normalized spacial score (nSPS) is 10.7. The van der Waals surface area contributed by atoms with Crippen LogP contribution >= 0.6 is 34.4 Å². The molecule has 8 heteroatoms. The Kier molecular flexibility index (Phi) is 4.70. The monoisotopic (exact) mass is 376 g/mol. The standard InChI is InChI=1S/C16H13N3O2S3/c1-19(16(17)21)13-7-10(15(22-2)24-13)14-18-11(8-23-14)9-5-3-4-6-12(9)20/h3-8H,1H2,2H3,(H2-,17,20,21)/p+1. The van der Waals surface area contributed by atoms with Gasteiger partial charge >= 0.3 is 6.03 Å². The molecule has 2 heterocycles. The van der Waals surface area contributed by atoms with Crippen molar-refractivity contribution in [3.8, 4) is 27.6 Å². The topological polar surface area (TPSA) is 79.2 Å². The zero-order chi connectivity index (χ0) is 17.3. The number of benzene rings is 1. The second-order valence-corrected chi connectivity index (χ2v) is 7.77. The number of nitrogens with zero attached hydrogens (tertiary/aromatic N) is 2. The summed E-state index contributed by atoms with van der Waals surface area (Å²) in [4.78, 5) is 16.0. The largest absolute Gasteiger partial charge is 0.507 e. The fraction of sp³-hybridized carbons (Fsp3) is 0.0625. The van der Waals surface area contributed by atoms with Crippen molar-refractivity contribution in [2.45, 2.75) is 4.21 Å². The van der Waals surface area contributed by atoms with E-state index in [4.69, 9.17) is 5.73 Å². The van der Waals surface area contributed by atoms with Gasteiger partial charge in [0.2, 0.25) is 0 Å². The Morgan fingerprint density at radius 2 is 2.12 bits per heavy atom. The van der Waals surface area contributed by atoms with Crippen molar-refractivity contribution >= 4 is 52.2 Å². The molecule has 2 aromatic heterocycles. The van der Waals surface area contributed by atoms with Crippen LogP contribution in [-0.4, -0.2) is 33.7 Å². The lowest BCUT2D eigenvalue weighted by Gasteiger charge is -1.99. The second-order valence-electron chi connectivity index (χ2n) is 4.81. The maximum absolute atomic E-state index is 11.3. The van der Waals surface area contributed by atoms with E-state index in [1.165, 1.54) is 27.2 Å². The predicted molar refractivity (Wildman–Crippen MR) is 101 cm³/mol. The Morgan fingerprint density at radius 3 is 2.79 bits per heavy atom. The Labute approximate surface area is 151 Å². The number of nitrogens with two attached hydrogens (primary N) is 1. The van der Waals surface area contributed by atoms with Crippen molar-refractivity contribution in [2.75, 3.05) is 6.26 Å². The number of thiazole rings is 1. The van der Waals surface area contributed by atoms with Crippen LogP contribution in [0.4, 0.5) is 9.80 Å². The van der Waals surface area contributed by atoms with E-state index in [1.807, 2.05) is 29.8 Å². The molecule has 3 N–H and O–H groups in total. The van der Waals surface area contributed by atoms with E-state index in [1.54, 1.807) is 23.9 Å². The molecule has 3 aromatic rings. The van der Waals surface area contributed by atoms with Crippen molar-refractivity contribution in [1.82, 2.24) is 4.98 Å². The van der Waals surface area contributed by atoms with Crippen LogP contribution in [0.3, 0.4) is 0 Å². The van der Waals surface area contributed by atoms with Crippen molar-refractivity contribution in [1.29, 1.82) is 0 Å². The summed E-state index contributed by atoms with van der Waals surface area (Å²) in [6.45, 7) is 3.66. The second kappa shape index (κ2) is 6.76. The van der Waals surface area contributed by atoms with Gasteiger partial charge in [-0.1, -0.05) is 23.5 Å². The molecule has 1 aromatic carbocycles. The van der Waals surface area contributed by atoms with Gasteiger partial charge in [-0.05, 0) is 18.4 Å². The molecule has 0 aliphatic carbocycles. The molecule has 0 unspecified atom stereocenters. The Morgan fingerprint density at radius 1 is 1.38 bits per heavy atom. The first-order valence-electron chi connectivity index (χ1n) is 6.83. The molecule has 0 bridgehead atoms. The molecule has 0 saturated carbocycles. The van der Waals surface area contributed by atoms with Gasteiger partial charge in [0.05, 0.1) is 16.6 Å². The van der Waals surface area contributed by atoms with E-state index in [9.17, 15) is 9.90 Å². The van der Waals surface area contributed by atoms with Gasteiger partial charge in [-0.25, -0.2) is 4.98 Å². The number of hydrogen-bond acceptors (Lipinski definition) is 6. The van der Waals surface area contributed by atoms with Crippen molar-refractivity contribution in [3.63, 3.8) is 0 Å². The lowest BCUT2D eigenvalue weighted by molar-refractivity contribution is -0.314. The first kappa shape index (κ1) is 16.7. The number of aromatic hydroxyl groups is 1. The number of carbonyl (C=O) groups excluding carboxylic acids is 1. The lowest BCUT2D eigenvalue weighted by Crippen LogP contribution is -2.20. The number of urea groups is 1. The summed E-state index contributed by atoms with van der Waals surface area (Å²) >= 11 is 4.50. The van der Waals surface area contributed by atoms with E-state index >= 15 is 0 Å². The quantitative estimate of drug-likeness (QED) is 0.402. The fourth-order valence-electron chi connectivity index (χ4n) is 2.12. The number of para-hydroxylation sites is 1. The fourth-order valence-corrected chi connectivity index (χ4v) is 4.88. The third-order valence-corrected chi connectivity index (χ3v) is 6.49. The van der Waals surface area contributed by atoms with Crippen LogP contribution < -0.4 is 5.73 Å². The minimum atomic E-state index is -0.607. The first-order chi connectivity index (χ1) is 11.5. The van der Waals surface area contributed by atoms with Gasteiger partial charge in [-0.2, -0.15) is 9.37 Å². The highest BCUT2D eigenvalue weighted by molar-refractivity contribution is 8.00. The number of primary amides is 1. The molecule has 0 spiro atoms. The number of rotatable bonds is 4. The molecule has 5 nitrogen and oxygen atoms in total. The minimum absolute atomic E-state index is 0.197. The Bertz CT molecular complexity index is 930. The average Bonchev–Trinajstić information content (AvgIpc) is 3.21. The zero-order valence-corrected chi connectivity index (χ0v) is 15.2. The molecule has 0 aliphatic rings. The minimum Gasteiger partial charge on any atom is -0.507 e. The maximum atomic E-state index is 11.3. The van der Waals surface area contributed by atoms with E-state index in [0.29, 0.717) is 16.3 Å². The highest BCUT2D eigenvalue weighted by Crippen LogP contribution is 2.43. The van der Waals surface area contributed by atoms with Crippen molar-refractivity contribution < 1.29 is 14.5 Å². The van der Waals surface area contributed by atoms with Crippen LogP contribution in [0.5, 0.6) is 5.75 Å². The van der Waals surface area contributed by atoms with Gasteiger partial charge < -0.3 is 5.11 Å². The molecule has 0 aliphatic heterocycles. The summed E-state index contributed by atoms with van der Waals surface area (Å²) in [5.74, 6) is 0.197. The molecule has 0 atom stereocenters. The van der Waals surface area contributed by atoms with Gasteiger partial charge in [-0.15, -0.1) is 23.1 Å². The molecule has 3 rings (SSSR count). The van der Waals surface area contributed by atoms with Crippen molar-refractivity contribution in [3.05, 3.63) is 35.7 Å². The third kappa shape index (κ3) is 3.08. The van der Waals surface area contributed by atoms with Gasteiger partial charge in [0.15, 0.2) is 5.00 Å². The van der Waals surface area contributed by atoms with E-state index in [-0.39, 0.29) is 5.75 Å². The van der Waals surface area contributed by atoms with Gasteiger partial charge in [-0.3, -0.25) is 5.73 Å². The highest BCUT2D eigenvalue weighted by Gasteiger charge is 2.20. The number of thioether (sulfide) groups is 1. The SMILES string of the molecule is C=[N+](C(N)=O)c1cc(-c2nc(-c3ccccc3O)cs2)c(SC)s1. The summed E-state index contributed by atoms with van der Waals surface area (Å²) in [5.41, 5.74) is 7.63. The number of thiophene rings is 1. The maximum Gasteiger partial charge on any atom is 0.494 e. The predicted octanol–water partition coefficient (Wildman–Crippen LogP) is 4.39. The van der Waals surface area contributed by atoms with E-state index < -0.39 is 6.03 Å². The number of phenols is 1. The van der Waals surface area contributed by atoms with Gasteiger partial charge in [0, 0.05) is 22.6 Å². The van der Waals surface area contributed by atoms with E-state index in [0.717, 1.165) is 14.8 Å². The van der Waals surface area contributed by atoms with Gasteiger partial charge in [0.1, 0.15) is 10.8 Å². The molecule has 2 amide bonds. The highest BCUT2D eigenvalue weighted by atomic mass is 32.2. The third-order valence-electron chi connectivity index (χ3n) is 3.32. The Balaban J connectivity index is 2.03. The Hall–Kier alpha value is -2.16. The molecule has 24 heavy (non-hydrogen) atoms. The molecular weight excluding hydrogens is 362 g/mol. The number of hydrogen-bond donors (Lipinski definition) is 2. The average molecular weight is 377 g/mol. The number of carbonyl (C=O) groups is 1. The molecule has 0 fully saturated rings. The van der Waals surface area contributed by atoms with Crippen molar-refractivity contribution in [2.24, 2.45) is 5.73 Å². The van der Waals surface area contributed by atoms with Crippen LogP contribution in [0.25, 0.3) is 21.8 Å². The van der Waals surface area contributed by atoms with Gasteiger partial charge in [0.25, 0.3) is 0 Å². The lowest BCUT2D eigenvalue weighted by atomic mass is 10.1. The van der Waals surface area contributed by atoms with Crippen LogP contribution in [0, 0.1) is 0 Å². The van der Waals surface area contributed by atoms with E-state index in [2.05, 4.69) is 11.7 Å². The zero-order valence-electron chi connectivity index (χ0n) is 12.7. The summed E-state index contributed by atoms with van der Waals surface area (Å²) in [5, 5.41) is 13.4. The summed E-state index contributed by atoms with van der Waals surface area (Å²) in [6.07, 6.45) is 1.97. The smallest absolute Gasteiger partial charge is 0.494 e. The first-order valence-corrected chi connectivity index (χ1v) is 9.75. The molecule has 122 valence electrons. The molecule has 0 radical (unpaired) electrons. The number of aromatic nitrogens is 1. The molecule has 0 saturated heterocycles. The summed E-state index contributed by atoms with van der Waals surface area (Å²) in [6, 6.07) is 8.35.